The Labute approximate surface area is 336 Å². The fourth-order valence-corrected chi connectivity index (χ4v) is 8.20. The molecule has 2 aliphatic rings. The SMILES string of the molecule is Cc1c(COc2cc(OCc3cncc(C#N)c3)c(CN3CCCCC3)cc2Cl)cccc1-c1cccc(OCCCN2CCC(O)(c3ccccc3)C2)c1C. The van der Waals surface area contributed by atoms with Crippen molar-refractivity contribution in [1.82, 2.24) is 14.8 Å². The van der Waals surface area contributed by atoms with Crippen molar-refractivity contribution >= 4 is 11.6 Å². The summed E-state index contributed by atoms with van der Waals surface area (Å²) >= 11 is 6.90. The average molecular weight is 771 g/mol. The van der Waals surface area contributed by atoms with Crippen molar-refractivity contribution in [1.29, 1.82) is 5.26 Å². The Bertz CT molecular complexity index is 2150. The molecule has 1 unspecified atom stereocenters. The molecule has 0 saturated carbocycles. The summed E-state index contributed by atoms with van der Waals surface area (Å²) in [5, 5.41) is 21.1. The van der Waals surface area contributed by atoms with Gasteiger partial charge in [-0.1, -0.05) is 78.7 Å². The van der Waals surface area contributed by atoms with Crippen LogP contribution in [0.1, 0.15) is 71.0 Å². The number of nitrogens with zero attached hydrogens (tertiary/aromatic N) is 4. The zero-order chi connectivity index (χ0) is 38.9. The third-order valence-corrected chi connectivity index (χ3v) is 11.5. The van der Waals surface area contributed by atoms with E-state index in [4.69, 9.17) is 25.8 Å². The van der Waals surface area contributed by atoms with E-state index in [0.29, 0.717) is 41.8 Å². The molecule has 1 atom stereocenters. The van der Waals surface area contributed by atoms with Crippen molar-refractivity contribution in [2.45, 2.75) is 71.3 Å². The first-order chi connectivity index (χ1) is 27.3. The number of aliphatic hydroxyl groups is 1. The molecule has 0 spiro atoms. The van der Waals surface area contributed by atoms with Gasteiger partial charge in [0, 0.05) is 55.8 Å². The number of benzene rings is 4. The van der Waals surface area contributed by atoms with Gasteiger partial charge in [-0.2, -0.15) is 5.26 Å². The number of pyridine rings is 1. The second kappa shape index (κ2) is 18.4. The first-order valence-corrected chi connectivity index (χ1v) is 20.1. The number of halogens is 1. The van der Waals surface area contributed by atoms with Crippen LogP contribution in [-0.2, 0) is 25.4 Å². The predicted molar refractivity (Wildman–Crippen MR) is 221 cm³/mol. The normalized spacial score (nSPS) is 17.4. The molecule has 2 saturated heterocycles. The van der Waals surface area contributed by atoms with Crippen LogP contribution < -0.4 is 14.2 Å². The van der Waals surface area contributed by atoms with Crippen molar-refractivity contribution in [3.8, 4) is 34.4 Å². The molecule has 0 aliphatic carbocycles. The summed E-state index contributed by atoms with van der Waals surface area (Å²) in [5.74, 6) is 2.15. The second-order valence-electron chi connectivity index (χ2n) is 15.1. The summed E-state index contributed by atoms with van der Waals surface area (Å²) in [6.45, 7) is 10.7. The third kappa shape index (κ3) is 9.54. The standard InChI is InChI=1S/C47H51ClN4O4/c1-34-38(32-56-46-26-45(55-31-37-24-36(27-49)28-50-29-37)39(25-43(46)48)30-51-19-7-4-8-20-51)12-9-15-41(34)42-16-10-17-44(35(42)2)54-23-11-21-52-22-18-47(53,33-52)40-13-5-3-6-14-40/h3,5-6,9-10,12-17,24-26,28-29,53H,4,7-8,11,18-23,30-33H2,1-2H3. The summed E-state index contributed by atoms with van der Waals surface area (Å²) in [5.41, 5.74) is 8.09. The van der Waals surface area contributed by atoms with Crippen LogP contribution in [0.25, 0.3) is 11.1 Å². The average Bonchev–Trinajstić information content (AvgIpc) is 3.62. The lowest BCUT2D eigenvalue weighted by molar-refractivity contribution is 0.0456. The maximum Gasteiger partial charge on any atom is 0.142 e. The van der Waals surface area contributed by atoms with Crippen LogP contribution in [-0.4, -0.2) is 59.2 Å². The van der Waals surface area contributed by atoms with Crippen molar-refractivity contribution in [3.05, 3.63) is 141 Å². The number of aromatic nitrogens is 1. The molecule has 0 amide bonds. The van der Waals surface area contributed by atoms with Gasteiger partial charge in [-0.15, -0.1) is 0 Å². The molecule has 9 heteroatoms. The lowest BCUT2D eigenvalue weighted by Gasteiger charge is -2.27. The Kier molecular flexibility index (Phi) is 12.9. The lowest BCUT2D eigenvalue weighted by atomic mass is 9.93. The van der Waals surface area contributed by atoms with E-state index in [9.17, 15) is 10.4 Å². The Morgan fingerprint density at radius 3 is 2.34 bits per heavy atom. The molecule has 56 heavy (non-hydrogen) atoms. The van der Waals surface area contributed by atoms with Gasteiger partial charge in [-0.3, -0.25) is 14.8 Å². The van der Waals surface area contributed by atoms with E-state index in [-0.39, 0.29) is 6.61 Å². The molecule has 1 aromatic heterocycles. The number of piperidine rings is 1. The number of nitriles is 1. The maximum atomic E-state index is 11.2. The molecular weight excluding hydrogens is 720 g/mol. The molecule has 0 radical (unpaired) electrons. The maximum absolute atomic E-state index is 11.2. The first kappa shape index (κ1) is 39.3. The highest BCUT2D eigenvalue weighted by atomic mass is 35.5. The van der Waals surface area contributed by atoms with Crippen LogP contribution in [0.15, 0.2) is 97.3 Å². The van der Waals surface area contributed by atoms with Crippen LogP contribution in [0.3, 0.4) is 0 Å². The summed E-state index contributed by atoms with van der Waals surface area (Å²) in [4.78, 5) is 8.97. The van der Waals surface area contributed by atoms with Gasteiger partial charge in [-0.25, -0.2) is 0 Å². The Balaban J connectivity index is 1.00. The second-order valence-corrected chi connectivity index (χ2v) is 15.5. The number of likely N-dealkylation sites (tertiary alicyclic amines) is 2. The highest BCUT2D eigenvalue weighted by Crippen LogP contribution is 2.37. The summed E-state index contributed by atoms with van der Waals surface area (Å²) < 4.78 is 19.2. The van der Waals surface area contributed by atoms with Crippen LogP contribution >= 0.6 is 11.6 Å². The topological polar surface area (TPSA) is 91.1 Å². The van der Waals surface area contributed by atoms with E-state index < -0.39 is 5.60 Å². The molecule has 4 aromatic carbocycles. The number of hydrogen-bond donors (Lipinski definition) is 1. The van der Waals surface area contributed by atoms with Gasteiger partial charge in [0.05, 0.1) is 17.2 Å². The summed E-state index contributed by atoms with van der Waals surface area (Å²) in [7, 11) is 0. The molecule has 2 aliphatic heterocycles. The molecule has 2 fully saturated rings. The van der Waals surface area contributed by atoms with Gasteiger partial charge in [-0.05, 0) is 104 Å². The molecule has 8 nitrogen and oxygen atoms in total. The minimum Gasteiger partial charge on any atom is -0.493 e. The summed E-state index contributed by atoms with van der Waals surface area (Å²) in [6.07, 6.45) is 8.53. The van der Waals surface area contributed by atoms with E-state index in [1.165, 1.54) is 19.3 Å². The zero-order valence-corrected chi connectivity index (χ0v) is 33.2. The number of rotatable bonds is 15. The highest BCUT2D eigenvalue weighted by molar-refractivity contribution is 6.32. The molecule has 0 bridgehead atoms. The molecule has 1 N–H and O–H groups in total. The fourth-order valence-electron chi connectivity index (χ4n) is 7.96. The van der Waals surface area contributed by atoms with Gasteiger partial charge in [0.2, 0.25) is 0 Å². The van der Waals surface area contributed by atoms with Crippen LogP contribution in [0, 0.1) is 25.2 Å². The Hall–Kier alpha value is -4.91. The lowest BCUT2D eigenvalue weighted by Crippen LogP contribution is -2.31. The summed E-state index contributed by atoms with van der Waals surface area (Å²) in [6, 6.07) is 30.4. The van der Waals surface area contributed by atoms with Gasteiger partial charge in [0.15, 0.2) is 0 Å². The Morgan fingerprint density at radius 2 is 1.54 bits per heavy atom. The Morgan fingerprint density at radius 1 is 0.768 bits per heavy atom. The quantitative estimate of drug-likeness (QED) is 0.105. The minimum atomic E-state index is -0.781. The van der Waals surface area contributed by atoms with E-state index in [1.807, 2.05) is 48.5 Å². The molecule has 7 rings (SSSR count). The van der Waals surface area contributed by atoms with Gasteiger partial charge in [0.1, 0.15) is 42.1 Å². The van der Waals surface area contributed by atoms with Crippen LogP contribution in [0.5, 0.6) is 17.2 Å². The smallest absolute Gasteiger partial charge is 0.142 e. The zero-order valence-electron chi connectivity index (χ0n) is 32.5. The van der Waals surface area contributed by atoms with Crippen LogP contribution in [0.2, 0.25) is 5.02 Å². The van der Waals surface area contributed by atoms with Crippen molar-refractivity contribution in [3.63, 3.8) is 0 Å². The van der Waals surface area contributed by atoms with E-state index in [1.54, 1.807) is 18.5 Å². The van der Waals surface area contributed by atoms with Crippen molar-refractivity contribution < 1.29 is 19.3 Å². The van der Waals surface area contributed by atoms with E-state index >= 15 is 0 Å². The third-order valence-electron chi connectivity index (χ3n) is 11.2. The number of hydrogen-bond acceptors (Lipinski definition) is 8. The highest BCUT2D eigenvalue weighted by Gasteiger charge is 2.37. The number of ether oxygens (including phenoxy) is 3. The van der Waals surface area contributed by atoms with Crippen molar-refractivity contribution in [2.24, 2.45) is 0 Å². The minimum absolute atomic E-state index is 0.275. The molecule has 290 valence electrons. The first-order valence-electron chi connectivity index (χ1n) is 19.8. The van der Waals surface area contributed by atoms with Gasteiger partial charge in [0.25, 0.3) is 0 Å². The van der Waals surface area contributed by atoms with Gasteiger partial charge >= 0.3 is 0 Å². The molecule has 3 heterocycles. The van der Waals surface area contributed by atoms with E-state index in [0.717, 1.165) is 95.8 Å². The predicted octanol–water partition coefficient (Wildman–Crippen LogP) is 9.40. The fraction of sp³-hybridized carbons (Fsp3) is 0.362. The number of β-amino-alcohol motifs (C(OH)–C–C–N with tert-alkyl or cyclic N) is 1. The van der Waals surface area contributed by atoms with E-state index in [2.05, 4.69) is 65.0 Å². The van der Waals surface area contributed by atoms with Gasteiger partial charge < -0.3 is 19.3 Å². The van der Waals surface area contributed by atoms with Crippen LogP contribution in [0.4, 0.5) is 0 Å². The van der Waals surface area contributed by atoms with Crippen molar-refractivity contribution in [2.75, 3.05) is 39.3 Å². The monoisotopic (exact) mass is 770 g/mol. The largest absolute Gasteiger partial charge is 0.493 e. The molecular formula is C47H51ClN4O4. The molecule has 5 aromatic rings.